The largest absolute Gasteiger partial charge is 0.379 e. The van der Waals surface area contributed by atoms with Crippen molar-refractivity contribution in [3.8, 4) is 0 Å². The molecule has 2 aliphatic rings. The highest BCUT2D eigenvalue weighted by atomic mass is 19.4. The van der Waals surface area contributed by atoms with Gasteiger partial charge in [-0.2, -0.15) is 26.3 Å². The first-order chi connectivity index (χ1) is 12.0. The SMILES string of the molecule is CC[N+]1(C)CCCCC1.CC[N+]1(C)CCCCC1.FC(F)F.FC(F)F. The summed E-state index contributed by atoms with van der Waals surface area (Å²) in [5, 5.41) is 0. The number of hydrogen-bond acceptors (Lipinski definition) is 0. The lowest BCUT2D eigenvalue weighted by Crippen LogP contribution is -2.47. The van der Waals surface area contributed by atoms with E-state index in [1.54, 1.807) is 0 Å². The second-order valence-electron chi connectivity index (χ2n) is 7.38. The van der Waals surface area contributed by atoms with E-state index in [-0.39, 0.29) is 0 Å². The minimum atomic E-state index is -3.67. The lowest BCUT2D eigenvalue weighted by molar-refractivity contribution is -0.912. The molecule has 0 unspecified atom stereocenters. The summed E-state index contributed by atoms with van der Waals surface area (Å²) < 4.78 is 60.6. The standard InChI is InChI=1S/2C8H18N.2CHF3/c2*1-3-9(2)7-5-4-6-8-9;2*2-1(3)4/h2*3-8H2,1-2H3;2*1H/q2*+1;;. The Bertz CT molecular complexity index is 269. The lowest BCUT2D eigenvalue weighted by Gasteiger charge is -2.36. The van der Waals surface area contributed by atoms with Gasteiger partial charge in [-0.05, 0) is 52.4 Å². The van der Waals surface area contributed by atoms with Crippen molar-refractivity contribution in [3.63, 3.8) is 0 Å². The van der Waals surface area contributed by atoms with Crippen LogP contribution in [-0.4, -0.2) is 75.7 Å². The van der Waals surface area contributed by atoms with Gasteiger partial charge >= 0.3 is 13.4 Å². The topological polar surface area (TPSA) is 0 Å². The molecular weight excluding hydrogens is 358 g/mol. The van der Waals surface area contributed by atoms with E-state index in [2.05, 4.69) is 27.9 Å². The van der Waals surface area contributed by atoms with Crippen molar-refractivity contribution in [3.05, 3.63) is 0 Å². The third-order valence-electron chi connectivity index (χ3n) is 5.32. The molecule has 0 amide bonds. The maximum atomic E-state index is 9.67. The van der Waals surface area contributed by atoms with Gasteiger partial charge in [-0.3, -0.25) is 0 Å². The molecule has 2 fully saturated rings. The first kappa shape index (κ1) is 27.7. The van der Waals surface area contributed by atoms with Gasteiger partial charge in [0.25, 0.3) is 0 Å². The van der Waals surface area contributed by atoms with E-state index in [0.717, 1.165) is 0 Å². The molecule has 0 aromatic carbocycles. The number of piperidine rings is 2. The van der Waals surface area contributed by atoms with Crippen LogP contribution >= 0.6 is 0 Å². The number of nitrogens with zero attached hydrogens (tertiary/aromatic N) is 2. The van der Waals surface area contributed by atoms with Gasteiger partial charge in [0.15, 0.2) is 0 Å². The predicted octanol–water partition coefficient (Wildman–Crippen LogP) is 5.63. The van der Waals surface area contributed by atoms with Gasteiger partial charge in [-0.1, -0.05) is 0 Å². The molecule has 2 aliphatic heterocycles. The summed E-state index contributed by atoms with van der Waals surface area (Å²) in [6.07, 6.45) is 8.73. The molecule has 8 heteroatoms. The Morgan fingerprint density at radius 3 is 0.846 bits per heavy atom. The van der Waals surface area contributed by atoms with E-state index in [1.807, 2.05) is 0 Å². The summed E-state index contributed by atoms with van der Waals surface area (Å²) >= 11 is 0. The van der Waals surface area contributed by atoms with Crippen molar-refractivity contribution >= 4 is 0 Å². The van der Waals surface area contributed by atoms with Crippen molar-refractivity contribution in [1.82, 2.24) is 0 Å². The van der Waals surface area contributed by atoms with Gasteiger partial charge in [0.05, 0.1) is 53.4 Å². The van der Waals surface area contributed by atoms with Crippen LogP contribution in [0.5, 0.6) is 0 Å². The fourth-order valence-electron chi connectivity index (χ4n) is 3.18. The molecule has 0 N–H and O–H groups in total. The Labute approximate surface area is 155 Å². The molecule has 0 atom stereocenters. The van der Waals surface area contributed by atoms with Crippen molar-refractivity contribution in [2.75, 3.05) is 53.4 Å². The molecule has 0 bridgehead atoms. The molecule has 2 nitrogen and oxygen atoms in total. The van der Waals surface area contributed by atoms with Gasteiger partial charge in [0.1, 0.15) is 0 Å². The highest BCUT2D eigenvalue weighted by Crippen LogP contribution is 2.15. The quantitative estimate of drug-likeness (QED) is 0.419. The summed E-state index contributed by atoms with van der Waals surface area (Å²) in [6, 6.07) is 0. The van der Waals surface area contributed by atoms with Crippen LogP contribution in [0, 0.1) is 0 Å². The second-order valence-corrected chi connectivity index (χ2v) is 7.38. The minimum absolute atomic E-state index is 1.32. The molecule has 0 aliphatic carbocycles. The van der Waals surface area contributed by atoms with Crippen molar-refractivity contribution < 1.29 is 35.3 Å². The van der Waals surface area contributed by atoms with Gasteiger partial charge in [-0.25, -0.2) is 0 Å². The van der Waals surface area contributed by atoms with Crippen molar-refractivity contribution in [2.24, 2.45) is 0 Å². The van der Waals surface area contributed by atoms with Crippen LogP contribution in [-0.2, 0) is 0 Å². The molecule has 0 radical (unpaired) electrons. The van der Waals surface area contributed by atoms with Crippen LogP contribution < -0.4 is 0 Å². The van der Waals surface area contributed by atoms with Crippen molar-refractivity contribution in [1.29, 1.82) is 0 Å². The number of quaternary nitrogens is 2. The molecule has 0 spiro atoms. The maximum Gasteiger partial charge on any atom is 0.379 e. The number of likely N-dealkylation sites (tertiary alicyclic amines) is 2. The zero-order valence-electron chi connectivity index (χ0n) is 16.8. The summed E-state index contributed by atoms with van der Waals surface area (Å²) in [5.74, 6) is 0. The third kappa shape index (κ3) is 18.3. The first-order valence-electron chi connectivity index (χ1n) is 9.52. The molecule has 2 saturated heterocycles. The lowest BCUT2D eigenvalue weighted by atomic mass is 10.1. The van der Waals surface area contributed by atoms with Crippen LogP contribution in [0.3, 0.4) is 0 Å². The minimum Gasteiger partial charge on any atom is -0.326 e. The Balaban J connectivity index is 0. The summed E-state index contributed by atoms with van der Waals surface area (Å²) in [7, 11) is 4.75. The van der Waals surface area contributed by atoms with E-state index >= 15 is 0 Å². The Morgan fingerprint density at radius 1 is 0.538 bits per heavy atom. The third-order valence-corrected chi connectivity index (χ3v) is 5.32. The van der Waals surface area contributed by atoms with Crippen LogP contribution in [0.4, 0.5) is 26.3 Å². The van der Waals surface area contributed by atoms with Gasteiger partial charge in [0.2, 0.25) is 0 Å². The molecule has 26 heavy (non-hydrogen) atoms. The summed E-state index contributed by atoms with van der Waals surface area (Å²) in [4.78, 5) is 0. The summed E-state index contributed by atoms with van der Waals surface area (Å²) in [6.45, 7) is 5.55. The molecule has 0 aromatic heterocycles. The van der Waals surface area contributed by atoms with E-state index in [0.29, 0.717) is 0 Å². The Hall–Kier alpha value is -0.500. The van der Waals surface area contributed by atoms with Crippen LogP contribution in [0.25, 0.3) is 0 Å². The van der Waals surface area contributed by atoms with Crippen molar-refractivity contribution in [2.45, 2.75) is 65.7 Å². The van der Waals surface area contributed by atoms with E-state index in [4.69, 9.17) is 0 Å². The van der Waals surface area contributed by atoms with Crippen LogP contribution in [0.1, 0.15) is 52.4 Å². The van der Waals surface area contributed by atoms with E-state index in [9.17, 15) is 26.3 Å². The monoisotopic (exact) mass is 396 g/mol. The number of alkyl halides is 6. The molecule has 160 valence electrons. The zero-order valence-corrected chi connectivity index (χ0v) is 16.8. The Kier molecular flexibility index (Phi) is 16.6. The van der Waals surface area contributed by atoms with Crippen LogP contribution in [0.2, 0.25) is 0 Å². The highest BCUT2D eigenvalue weighted by molar-refractivity contribution is 4.50. The maximum absolute atomic E-state index is 9.67. The first-order valence-corrected chi connectivity index (χ1v) is 9.52. The fraction of sp³-hybridized carbons (Fsp3) is 1.00. The molecule has 2 heterocycles. The second kappa shape index (κ2) is 15.5. The normalized spacial score (nSPS) is 20.8. The number of halogens is 6. The van der Waals surface area contributed by atoms with Gasteiger partial charge in [0, 0.05) is 0 Å². The van der Waals surface area contributed by atoms with Crippen LogP contribution in [0.15, 0.2) is 0 Å². The average Bonchev–Trinajstić information content (AvgIpc) is 2.56. The molecule has 0 saturated carbocycles. The zero-order chi connectivity index (χ0) is 20.6. The fourth-order valence-corrected chi connectivity index (χ4v) is 3.18. The highest BCUT2D eigenvalue weighted by Gasteiger charge is 2.22. The molecule has 0 aromatic rings. The molecule has 2 rings (SSSR count). The van der Waals surface area contributed by atoms with Gasteiger partial charge < -0.3 is 8.97 Å². The predicted molar refractivity (Wildman–Crippen MR) is 94.8 cm³/mol. The Morgan fingerprint density at radius 2 is 0.731 bits per heavy atom. The smallest absolute Gasteiger partial charge is 0.326 e. The van der Waals surface area contributed by atoms with E-state index in [1.165, 1.54) is 86.8 Å². The summed E-state index contributed by atoms with van der Waals surface area (Å²) in [5.41, 5.74) is 0. The van der Waals surface area contributed by atoms with E-state index < -0.39 is 13.4 Å². The average molecular weight is 397 g/mol. The number of rotatable bonds is 2. The number of hydrogen-bond donors (Lipinski definition) is 0. The van der Waals surface area contributed by atoms with Gasteiger partial charge in [-0.15, -0.1) is 0 Å². The molecular formula is C18H38F6N2+2.